The van der Waals surface area contributed by atoms with Gasteiger partial charge in [-0.05, 0) is 18.2 Å². The number of hydrogen-bond donors (Lipinski definition) is 1. The number of piperidine rings is 1. The first-order valence-electron chi connectivity index (χ1n) is 8.04. The van der Waals surface area contributed by atoms with E-state index in [9.17, 15) is 4.79 Å². The maximum Gasteiger partial charge on any atom is 0.321 e. The van der Waals surface area contributed by atoms with E-state index < -0.39 is 0 Å². The summed E-state index contributed by atoms with van der Waals surface area (Å²) < 4.78 is 6.24. The third-order valence-electron chi connectivity index (χ3n) is 4.53. The first-order chi connectivity index (χ1) is 11.7. The summed E-state index contributed by atoms with van der Waals surface area (Å²) in [6, 6.07) is 9.64. The van der Waals surface area contributed by atoms with E-state index in [1.165, 1.54) is 6.20 Å². The highest BCUT2D eigenvalue weighted by Gasteiger charge is 2.37. The molecule has 24 heavy (non-hydrogen) atoms. The zero-order chi connectivity index (χ0) is 16.4. The van der Waals surface area contributed by atoms with E-state index in [2.05, 4.69) is 27.7 Å². The predicted octanol–water partition coefficient (Wildman–Crippen LogP) is 2.95. The minimum Gasteiger partial charge on any atom is -0.482 e. The Balaban J connectivity index is 1.40. The van der Waals surface area contributed by atoms with Gasteiger partial charge in [-0.1, -0.05) is 24.3 Å². The van der Waals surface area contributed by atoms with Crippen molar-refractivity contribution < 1.29 is 9.53 Å². The fourth-order valence-corrected chi connectivity index (χ4v) is 3.13. The van der Waals surface area contributed by atoms with Gasteiger partial charge < -0.3 is 15.0 Å². The number of carbonyl (C=O) groups excluding carboxylic acids is 1. The van der Waals surface area contributed by atoms with Gasteiger partial charge in [-0.3, -0.25) is 0 Å². The van der Waals surface area contributed by atoms with Crippen LogP contribution in [0.5, 0.6) is 5.75 Å². The lowest BCUT2D eigenvalue weighted by molar-refractivity contribution is 0.0519. The number of aromatic nitrogens is 2. The molecular formula is C18H18N4O2. The zero-order valence-corrected chi connectivity index (χ0v) is 13.2. The van der Waals surface area contributed by atoms with E-state index in [0.717, 1.165) is 24.2 Å². The molecule has 122 valence electrons. The van der Waals surface area contributed by atoms with Crippen LogP contribution in [0.25, 0.3) is 6.08 Å². The number of urea groups is 1. The van der Waals surface area contributed by atoms with Crippen molar-refractivity contribution in [1.82, 2.24) is 15.1 Å². The summed E-state index contributed by atoms with van der Waals surface area (Å²) >= 11 is 0. The Bertz CT molecular complexity index is 768. The number of para-hydroxylation sites is 1. The number of likely N-dealkylation sites (tertiary alicyclic amines) is 1. The molecule has 2 aliphatic rings. The molecule has 1 fully saturated rings. The number of hydrogen-bond acceptors (Lipinski definition) is 4. The number of rotatable bonds is 1. The van der Waals surface area contributed by atoms with Crippen LogP contribution in [0.15, 0.2) is 48.8 Å². The van der Waals surface area contributed by atoms with Crippen molar-refractivity contribution in [3.63, 3.8) is 0 Å². The van der Waals surface area contributed by atoms with Crippen LogP contribution >= 0.6 is 0 Å². The lowest BCUT2D eigenvalue weighted by Crippen LogP contribution is -2.50. The van der Waals surface area contributed by atoms with Gasteiger partial charge in [0.25, 0.3) is 0 Å². The van der Waals surface area contributed by atoms with E-state index in [1.54, 1.807) is 12.3 Å². The molecule has 2 aromatic rings. The Morgan fingerprint density at radius 3 is 2.79 bits per heavy atom. The van der Waals surface area contributed by atoms with E-state index in [1.807, 2.05) is 29.2 Å². The average Bonchev–Trinajstić information content (AvgIpc) is 2.63. The molecule has 0 bridgehead atoms. The Labute approximate surface area is 140 Å². The quantitative estimate of drug-likeness (QED) is 0.876. The number of nitrogens with one attached hydrogen (secondary N) is 1. The number of nitrogens with zero attached hydrogens (tertiary/aromatic N) is 3. The maximum atomic E-state index is 12.3. The molecule has 0 radical (unpaired) electrons. The van der Waals surface area contributed by atoms with Crippen LogP contribution < -0.4 is 10.1 Å². The zero-order valence-electron chi connectivity index (χ0n) is 13.2. The summed E-state index contributed by atoms with van der Waals surface area (Å²) in [5.74, 6) is 0.917. The number of benzene rings is 1. The molecule has 4 rings (SSSR count). The topological polar surface area (TPSA) is 67.4 Å². The Hall–Kier alpha value is -2.89. The maximum absolute atomic E-state index is 12.3. The molecule has 1 N–H and O–H groups in total. The van der Waals surface area contributed by atoms with E-state index in [4.69, 9.17) is 4.74 Å². The lowest BCUT2D eigenvalue weighted by atomic mass is 9.88. The molecule has 3 heterocycles. The molecule has 1 saturated heterocycles. The van der Waals surface area contributed by atoms with Crippen molar-refractivity contribution in [2.24, 2.45) is 0 Å². The number of carbonyl (C=O) groups is 1. The molecule has 6 nitrogen and oxygen atoms in total. The largest absolute Gasteiger partial charge is 0.482 e. The smallest absolute Gasteiger partial charge is 0.321 e. The van der Waals surface area contributed by atoms with Crippen molar-refractivity contribution in [1.29, 1.82) is 0 Å². The monoisotopic (exact) mass is 322 g/mol. The summed E-state index contributed by atoms with van der Waals surface area (Å²) in [6.45, 7) is 1.30. The minimum atomic E-state index is -0.302. The minimum absolute atomic E-state index is 0.113. The summed E-state index contributed by atoms with van der Waals surface area (Å²) in [7, 11) is 0. The number of anilines is 1. The molecule has 1 aromatic heterocycles. The number of amides is 2. The summed E-state index contributed by atoms with van der Waals surface area (Å²) in [5, 5.41) is 10.3. The van der Waals surface area contributed by atoms with Gasteiger partial charge in [0.1, 0.15) is 11.4 Å². The van der Waals surface area contributed by atoms with Gasteiger partial charge in [-0.15, -0.1) is 0 Å². The van der Waals surface area contributed by atoms with Crippen molar-refractivity contribution >= 4 is 17.8 Å². The van der Waals surface area contributed by atoms with Gasteiger partial charge in [-0.2, -0.15) is 10.2 Å². The number of fused-ring (bicyclic) bond motifs is 1. The van der Waals surface area contributed by atoms with Crippen molar-refractivity contribution in [2.75, 3.05) is 18.4 Å². The molecule has 1 spiro atoms. The van der Waals surface area contributed by atoms with Crippen LogP contribution in [-0.2, 0) is 0 Å². The fraction of sp³-hybridized carbons (Fsp3) is 0.278. The second-order valence-electron chi connectivity index (χ2n) is 6.09. The van der Waals surface area contributed by atoms with Crippen LogP contribution in [0.1, 0.15) is 18.4 Å². The summed E-state index contributed by atoms with van der Waals surface area (Å²) in [4.78, 5) is 14.2. The average molecular weight is 322 g/mol. The molecule has 6 heteroatoms. The van der Waals surface area contributed by atoms with Crippen molar-refractivity contribution in [2.45, 2.75) is 18.4 Å². The Morgan fingerprint density at radius 1 is 1.17 bits per heavy atom. The Morgan fingerprint density at radius 2 is 2.00 bits per heavy atom. The van der Waals surface area contributed by atoms with Gasteiger partial charge in [0, 0.05) is 31.5 Å². The molecule has 0 atom stereocenters. The van der Waals surface area contributed by atoms with Gasteiger partial charge >= 0.3 is 6.03 Å². The third kappa shape index (κ3) is 2.82. The molecule has 2 aliphatic heterocycles. The van der Waals surface area contributed by atoms with Gasteiger partial charge in [0.2, 0.25) is 0 Å². The highest BCUT2D eigenvalue weighted by atomic mass is 16.5. The van der Waals surface area contributed by atoms with Crippen molar-refractivity contribution in [3.05, 3.63) is 54.4 Å². The lowest BCUT2D eigenvalue weighted by Gasteiger charge is -2.41. The van der Waals surface area contributed by atoms with E-state index >= 15 is 0 Å². The molecule has 2 amide bonds. The highest BCUT2D eigenvalue weighted by molar-refractivity contribution is 5.89. The highest BCUT2D eigenvalue weighted by Crippen LogP contribution is 2.36. The molecular weight excluding hydrogens is 304 g/mol. The Kier molecular flexibility index (Phi) is 3.65. The SMILES string of the molecule is O=C(Nc1ccnnc1)N1CCC2(C=Cc3ccccc3O2)CC1. The second-order valence-corrected chi connectivity index (χ2v) is 6.09. The molecule has 0 saturated carbocycles. The second kappa shape index (κ2) is 5.96. The first-order valence-corrected chi connectivity index (χ1v) is 8.04. The summed E-state index contributed by atoms with van der Waals surface area (Å²) in [6.07, 6.45) is 8.90. The first kappa shape index (κ1) is 14.7. The predicted molar refractivity (Wildman–Crippen MR) is 90.7 cm³/mol. The van der Waals surface area contributed by atoms with E-state index in [-0.39, 0.29) is 11.6 Å². The van der Waals surface area contributed by atoms with Gasteiger partial charge in [0.05, 0.1) is 18.1 Å². The molecule has 0 unspecified atom stereocenters. The molecule has 0 aliphatic carbocycles. The van der Waals surface area contributed by atoms with Crippen LogP contribution in [0, 0.1) is 0 Å². The summed E-state index contributed by atoms with van der Waals surface area (Å²) in [5.41, 5.74) is 1.45. The standard InChI is InChI=1S/C18H18N4O2/c23-17(21-15-6-10-19-20-13-15)22-11-8-18(9-12-22)7-5-14-3-1-2-4-16(14)24-18/h1-7,10,13H,8-9,11-12H2,(H,19,21,23). The van der Waals surface area contributed by atoms with Gasteiger partial charge in [-0.25, -0.2) is 4.79 Å². The van der Waals surface area contributed by atoms with Crippen molar-refractivity contribution in [3.8, 4) is 5.75 Å². The molecule has 1 aromatic carbocycles. The third-order valence-corrected chi connectivity index (χ3v) is 4.53. The van der Waals surface area contributed by atoms with E-state index in [0.29, 0.717) is 18.8 Å². The van der Waals surface area contributed by atoms with Crippen LogP contribution in [0.3, 0.4) is 0 Å². The fourth-order valence-electron chi connectivity index (χ4n) is 3.13. The normalized spacial score (nSPS) is 17.9. The van der Waals surface area contributed by atoms with Gasteiger partial charge in [0.15, 0.2) is 0 Å². The number of ether oxygens (including phenoxy) is 1. The van der Waals surface area contributed by atoms with Crippen LogP contribution in [0.4, 0.5) is 10.5 Å². The van der Waals surface area contributed by atoms with Crippen LogP contribution in [0.2, 0.25) is 0 Å². The van der Waals surface area contributed by atoms with Crippen LogP contribution in [-0.4, -0.2) is 39.8 Å².